The van der Waals surface area contributed by atoms with Crippen LogP contribution in [0.5, 0.6) is 0 Å². The van der Waals surface area contributed by atoms with Crippen LogP contribution in [-0.4, -0.2) is 26.0 Å². The van der Waals surface area contributed by atoms with E-state index in [2.05, 4.69) is 21.0 Å². The molecule has 3 aromatic heterocycles. The minimum absolute atomic E-state index is 0. The van der Waals surface area contributed by atoms with Crippen molar-refractivity contribution in [3.8, 4) is 22.4 Å². The number of carbonyl (C=O) groups is 1. The third-order valence-electron chi connectivity index (χ3n) is 5.22. The van der Waals surface area contributed by atoms with Crippen molar-refractivity contribution in [2.75, 3.05) is 0 Å². The van der Waals surface area contributed by atoms with E-state index in [1.54, 1.807) is 30.3 Å². The van der Waals surface area contributed by atoms with Crippen molar-refractivity contribution in [1.82, 2.24) is 15.0 Å². The Morgan fingerprint density at radius 1 is 0.909 bits per heavy atom. The number of halogens is 2. The Hall–Kier alpha value is -3.31. The first kappa shape index (κ1) is 24.3. The first-order valence-electron chi connectivity index (χ1n) is 9.79. The third-order valence-corrected chi connectivity index (χ3v) is 5.22. The summed E-state index contributed by atoms with van der Waals surface area (Å²) in [7, 11) is 0. The van der Waals surface area contributed by atoms with Crippen LogP contribution < -0.4 is 0 Å². The van der Waals surface area contributed by atoms with Gasteiger partial charge < -0.3 is 10.1 Å². The molecule has 170 valence electrons. The molecule has 5 nitrogen and oxygen atoms in total. The number of pyridine rings is 3. The predicted octanol–water partition coefficient (Wildman–Crippen LogP) is 5.31. The quantitative estimate of drug-likeness (QED) is 0.241. The molecule has 0 spiro atoms. The summed E-state index contributed by atoms with van der Waals surface area (Å²) in [5, 5.41) is 9.77. The molecule has 0 saturated carbocycles. The van der Waals surface area contributed by atoms with Crippen molar-refractivity contribution in [2.24, 2.45) is 0 Å². The van der Waals surface area contributed by atoms with Gasteiger partial charge in [-0.1, -0.05) is 60.2 Å². The zero-order chi connectivity index (χ0) is 22.9. The zero-order valence-corrected chi connectivity index (χ0v) is 19.9. The second-order valence-electron chi connectivity index (χ2n) is 7.69. The van der Waals surface area contributed by atoms with E-state index in [4.69, 9.17) is 0 Å². The molecular weight excluding hydrogens is 607 g/mol. The van der Waals surface area contributed by atoms with Crippen LogP contribution in [0.4, 0.5) is 8.78 Å². The average Bonchev–Trinajstić information content (AvgIpc) is 2.79. The van der Waals surface area contributed by atoms with Crippen LogP contribution >= 0.6 is 0 Å². The molecule has 1 aromatic carbocycles. The van der Waals surface area contributed by atoms with Crippen LogP contribution in [0.2, 0.25) is 0 Å². The number of carboxylic acid groups (broad SMARTS) is 1. The molecule has 0 aliphatic heterocycles. The minimum atomic E-state index is -1.14. The van der Waals surface area contributed by atoms with Gasteiger partial charge in [0, 0.05) is 37.7 Å². The number of benzene rings is 1. The molecule has 0 saturated heterocycles. The Balaban J connectivity index is 0.00000306. The molecule has 0 atom stereocenters. The van der Waals surface area contributed by atoms with Gasteiger partial charge >= 0.3 is 5.97 Å². The van der Waals surface area contributed by atoms with Crippen molar-refractivity contribution in [3.63, 3.8) is 0 Å². The van der Waals surface area contributed by atoms with Gasteiger partial charge in [0.2, 0.25) is 0 Å². The average molecular weight is 626 g/mol. The Morgan fingerprint density at radius 3 is 2.27 bits per heavy atom. The fourth-order valence-electron chi connectivity index (χ4n) is 3.43. The first-order chi connectivity index (χ1) is 15.3. The summed E-state index contributed by atoms with van der Waals surface area (Å²) < 4.78 is 27.3. The van der Waals surface area contributed by atoms with Gasteiger partial charge in [0.1, 0.15) is 11.9 Å². The summed E-state index contributed by atoms with van der Waals surface area (Å²) in [4.78, 5) is 24.1. The number of rotatable bonds is 5. The maximum Gasteiger partial charge on any atom is 0.355 e. The summed E-state index contributed by atoms with van der Waals surface area (Å²) in [6.07, 6.45) is 0. The van der Waals surface area contributed by atoms with Crippen molar-refractivity contribution in [1.29, 1.82) is 0 Å². The van der Waals surface area contributed by atoms with Gasteiger partial charge in [0.05, 0.1) is 5.69 Å². The Labute approximate surface area is 203 Å². The number of hydrogen-bond donors (Lipinski definition) is 1. The molecule has 4 aromatic rings. The van der Waals surface area contributed by atoms with Crippen molar-refractivity contribution in [2.45, 2.75) is 19.3 Å². The van der Waals surface area contributed by atoms with Crippen LogP contribution in [-0.2, 0) is 26.5 Å². The van der Waals surface area contributed by atoms with Crippen molar-refractivity contribution >= 4 is 5.97 Å². The number of carboxylic acids is 1. The summed E-state index contributed by atoms with van der Waals surface area (Å²) in [5.74, 6) is -3.12. The van der Waals surface area contributed by atoms with E-state index in [9.17, 15) is 18.7 Å². The molecule has 4 rings (SSSR count). The normalized spacial score (nSPS) is 11.0. The zero-order valence-electron chi connectivity index (χ0n) is 17.6. The molecule has 0 fully saturated rings. The van der Waals surface area contributed by atoms with E-state index in [0.717, 1.165) is 11.6 Å². The summed E-state index contributed by atoms with van der Waals surface area (Å²) in [6, 6.07) is 21.1. The van der Waals surface area contributed by atoms with E-state index >= 15 is 0 Å². The Kier molecular flexibility index (Phi) is 7.13. The fourth-order valence-corrected chi connectivity index (χ4v) is 3.43. The van der Waals surface area contributed by atoms with Gasteiger partial charge in [-0.05, 0) is 37.2 Å². The van der Waals surface area contributed by atoms with Crippen LogP contribution in [0.1, 0.15) is 35.7 Å². The monoisotopic (exact) mass is 625 g/mol. The first-order valence-corrected chi connectivity index (χ1v) is 9.79. The molecule has 0 amide bonds. The second kappa shape index (κ2) is 9.67. The van der Waals surface area contributed by atoms with Crippen molar-refractivity contribution < 1.29 is 39.7 Å². The van der Waals surface area contributed by atoms with Crippen LogP contribution in [0.15, 0.2) is 66.7 Å². The molecule has 0 aliphatic rings. The molecule has 8 heteroatoms. The van der Waals surface area contributed by atoms with E-state index in [1.165, 1.54) is 0 Å². The van der Waals surface area contributed by atoms with Gasteiger partial charge in [-0.3, -0.25) is 4.98 Å². The third kappa shape index (κ3) is 4.88. The maximum atomic E-state index is 14.1. The van der Waals surface area contributed by atoms with Gasteiger partial charge in [-0.2, -0.15) is 0 Å². The summed E-state index contributed by atoms with van der Waals surface area (Å²) >= 11 is 0. The molecule has 0 unspecified atom stereocenters. The SMILES string of the molecule is CC(C)(c1cccc(-c2[c-]cc(F)nc2F)n1)c1ccc(-c2ccccc2)c(C(=O)O)n1.[Pt]. The predicted molar refractivity (Wildman–Crippen MR) is 115 cm³/mol. The summed E-state index contributed by atoms with van der Waals surface area (Å²) in [6.45, 7) is 3.69. The topological polar surface area (TPSA) is 76.0 Å². The second-order valence-corrected chi connectivity index (χ2v) is 7.69. The molecule has 33 heavy (non-hydrogen) atoms. The molecule has 0 bridgehead atoms. The standard InChI is InChI=1S/C25H18F2N3O2.Pt/c1-25(2,19-10-6-9-18(28-19)17-12-14-21(26)30-23(17)27)20-13-11-16(22(29-20)24(31)32)15-7-4-3-5-8-15;/h3-11,13-14H,1-2H3,(H,31,32);/q-1;. The van der Waals surface area contributed by atoms with Gasteiger partial charge in [0.15, 0.2) is 5.69 Å². The van der Waals surface area contributed by atoms with E-state index in [-0.39, 0.29) is 38.0 Å². The van der Waals surface area contributed by atoms with Crippen molar-refractivity contribution in [3.05, 3.63) is 102 Å². The van der Waals surface area contributed by atoms with E-state index in [0.29, 0.717) is 17.0 Å². The molecule has 0 radical (unpaired) electrons. The van der Waals surface area contributed by atoms with Gasteiger partial charge in [-0.15, -0.1) is 6.07 Å². The smallest absolute Gasteiger partial charge is 0.355 e. The van der Waals surface area contributed by atoms with Crippen LogP contribution in [0.3, 0.4) is 0 Å². The molecule has 0 aliphatic carbocycles. The maximum absolute atomic E-state index is 14.1. The van der Waals surface area contributed by atoms with Crippen LogP contribution in [0, 0.1) is 18.0 Å². The number of nitrogens with zero attached hydrogens (tertiary/aromatic N) is 3. The van der Waals surface area contributed by atoms with E-state index in [1.807, 2.05) is 44.2 Å². The van der Waals surface area contributed by atoms with Gasteiger partial charge in [-0.25, -0.2) is 18.6 Å². The Bertz CT molecular complexity index is 1310. The largest absolute Gasteiger partial charge is 0.476 e. The summed E-state index contributed by atoms with van der Waals surface area (Å²) in [5.41, 5.74) is 1.58. The number of aromatic carboxylic acids is 1. The van der Waals surface area contributed by atoms with Gasteiger partial charge in [0.25, 0.3) is 0 Å². The number of aromatic nitrogens is 3. The Morgan fingerprint density at radius 2 is 1.61 bits per heavy atom. The molecular formula is C25H18F2N3O2Pt-. The minimum Gasteiger partial charge on any atom is -0.476 e. The fraction of sp³-hybridized carbons (Fsp3) is 0.120. The van der Waals surface area contributed by atoms with E-state index < -0.39 is 23.3 Å². The molecule has 1 N–H and O–H groups in total. The van der Waals surface area contributed by atoms with Crippen LogP contribution in [0.25, 0.3) is 22.4 Å². The molecule has 3 heterocycles. The number of hydrogen-bond acceptors (Lipinski definition) is 4.